The maximum Gasteiger partial charge on any atom is 0.412 e. The van der Waals surface area contributed by atoms with Crippen molar-refractivity contribution in [3.8, 4) is 11.5 Å². The normalized spacial score (nSPS) is 14.3. The smallest absolute Gasteiger partial charge is 0.412 e. The van der Waals surface area contributed by atoms with Crippen molar-refractivity contribution in [2.45, 2.75) is 38.6 Å². The number of aryl methyl sites for hydroxylation is 1. The average Bonchev–Trinajstić information content (AvgIpc) is 2.74. The number of hydrogen-bond acceptors (Lipinski definition) is 4. The molecule has 0 aliphatic carbocycles. The zero-order valence-electron chi connectivity index (χ0n) is 16.8. The van der Waals surface area contributed by atoms with E-state index in [0.717, 1.165) is 12.8 Å². The van der Waals surface area contributed by atoms with Crippen LogP contribution in [0.4, 0.5) is 4.79 Å². The number of carbonyl (C=O) groups excluding carboxylic acids is 2. The monoisotopic (exact) mass is 396 g/mol. The first-order valence-corrected chi connectivity index (χ1v) is 10.2. The third-order valence-electron chi connectivity index (χ3n) is 4.95. The molecule has 0 atom stereocenters. The number of likely N-dealkylation sites (tertiary alicyclic amines) is 1. The zero-order valence-corrected chi connectivity index (χ0v) is 16.8. The summed E-state index contributed by atoms with van der Waals surface area (Å²) in [6.07, 6.45) is 3.08. The molecule has 3 rings (SSSR count). The lowest BCUT2D eigenvalue weighted by atomic mass is 10.1. The lowest BCUT2D eigenvalue weighted by molar-refractivity contribution is -0.134. The van der Waals surface area contributed by atoms with Gasteiger partial charge in [0.25, 0.3) is 5.91 Å². The van der Waals surface area contributed by atoms with Gasteiger partial charge < -0.3 is 19.7 Å². The summed E-state index contributed by atoms with van der Waals surface area (Å²) in [7, 11) is 0. The van der Waals surface area contributed by atoms with Crippen LogP contribution in [0.3, 0.4) is 0 Å². The minimum absolute atomic E-state index is 0.00212. The van der Waals surface area contributed by atoms with Gasteiger partial charge in [-0.25, -0.2) is 4.79 Å². The van der Waals surface area contributed by atoms with E-state index in [1.807, 2.05) is 42.5 Å². The van der Waals surface area contributed by atoms with Gasteiger partial charge in [-0.15, -0.1) is 0 Å². The Morgan fingerprint density at radius 3 is 2.34 bits per heavy atom. The number of nitrogens with zero attached hydrogens (tertiary/aromatic N) is 1. The third kappa shape index (κ3) is 6.52. The van der Waals surface area contributed by atoms with Gasteiger partial charge in [-0.2, -0.15) is 0 Å². The van der Waals surface area contributed by atoms with Gasteiger partial charge in [-0.05, 0) is 49.1 Å². The van der Waals surface area contributed by atoms with Crippen LogP contribution in [0, 0.1) is 0 Å². The number of carbonyl (C=O) groups is 2. The molecule has 2 amide bonds. The van der Waals surface area contributed by atoms with Gasteiger partial charge in [0.15, 0.2) is 6.61 Å². The zero-order chi connectivity index (χ0) is 20.5. The van der Waals surface area contributed by atoms with Crippen molar-refractivity contribution < 1.29 is 19.1 Å². The van der Waals surface area contributed by atoms with E-state index >= 15 is 0 Å². The Kier molecular flexibility index (Phi) is 7.50. The predicted molar refractivity (Wildman–Crippen MR) is 111 cm³/mol. The minimum atomic E-state index is -0.462. The van der Waals surface area contributed by atoms with Crippen molar-refractivity contribution >= 4 is 12.0 Å². The Labute approximate surface area is 171 Å². The number of para-hydroxylation sites is 1. The Morgan fingerprint density at radius 2 is 1.69 bits per heavy atom. The Morgan fingerprint density at radius 1 is 1.00 bits per heavy atom. The van der Waals surface area contributed by atoms with E-state index in [9.17, 15) is 9.59 Å². The first-order chi connectivity index (χ1) is 14.1. The van der Waals surface area contributed by atoms with Gasteiger partial charge >= 0.3 is 6.09 Å². The number of benzene rings is 2. The first-order valence-electron chi connectivity index (χ1n) is 10.2. The lowest BCUT2D eigenvalue weighted by Gasteiger charge is -2.32. The van der Waals surface area contributed by atoms with Crippen LogP contribution >= 0.6 is 0 Å². The molecule has 29 heavy (non-hydrogen) atoms. The summed E-state index contributed by atoms with van der Waals surface area (Å²) in [6.45, 7) is 3.36. The lowest BCUT2D eigenvalue weighted by Crippen LogP contribution is -2.48. The second-order valence-electron chi connectivity index (χ2n) is 7.18. The predicted octanol–water partition coefficient (Wildman–Crippen LogP) is 3.80. The molecule has 0 saturated carbocycles. The summed E-state index contributed by atoms with van der Waals surface area (Å²) >= 11 is 0. The first kappa shape index (κ1) is 20.7. The number of amides is 2. The Hall–Kier alpha value is -3.02. The van der Waals surface area contributed by atoms with Crippen LogP contribution in [-0.2, 0) is 11.2 Å². The van der Waals surface area contributed by atoms with Crippen molar-refractivity contribution in [3.63, 3.8) is 0 Å². The van der Waals surface area contributed by atoms with Crippen LogP contribution in [0.25, 0.3) is 0 Å². The highest BCUT2D eigenvalue weighted by molar-refractivity contribution is 5.78. The molecule has 0 aromatic heterocycles. The van der Waals surface area contributed by atoms with Crippen LogP contribution < -0.4 is 14.8 Å². The molecule has 1 aliphatic rings. The van der Waals surface area contributed by atoms with E-state index in [1.54, 1.807) is 17.0 Å². The van der Waals surface area contributed by atoms with Gasteiger partial charge in [-0.3, -0.25) is 4.79 Å². The molecule has 1 saturated heterocycles. The van der Waals surface area contributed by atoms with Crippen LogP contribution in [0.2, 0.25) is 0 Å². The molecule has 1 fully saturated rings. The molecule has 0 spiro atoms. The van der Waals surface area contributed by atoms with E-state index in [-0.39, 0.29) is 18.6 Å². The molecule has 6 heteroatoms. The van der Waals surface area contributed by atoms with Crippen LogP contribution in [0.5, 0.6) is 11.5 Å². The molecular formula is C23H28N2O4. The van der Waals surface area contributed by atoms with Crippen molar-refractivity contribution in [1.29, 1.82) is 0 Å². The van der Waals surface area contributed by atoms with Crippen LogP contribution in [0.15, 0.2) is 54.6 Å². The number of rotatable bonds is 7. The van der Waals surface area contributed by atoms with E-state index in [2.05, 4.69) is 12.2 Å². The molecule has 1 heterocycles. The Balaban J connectivity index is 1.37. The number of ether oxygens (including phenoxy) is 2. The van der Waals surface area contributed by atoms with Gasteiger partial charge in [-0.1, -0.05) is 43.7 Å². The van der Waals surface area contributed by atoms with Gasteiger partial charge in [0.1, 0.15) is 11.5 Å². The largest absolute Gasteiger partial charge is 0.484 e. The summed E-state index contributed by atoms with van der Waals surface area (Å²) in [5.41, 5.74) is 1.27. The highest BCUT2D eigenvalue weighted by Crippen LogP contribution is 2.15. The molecule has 0 radical (unpaired) electrons. The van der Waals surface area contributed by atoms with Crippen molar-refractivity contribution in [2.24, 2.45) is 0 Å². The second-order valence-corrected chi connectivity index (χ2v) is 7.18. The quantitative estimate of drug-likeness (QED) is 0.773. The molecule has 2 aromatic carbocycles. The topological polar surface area (TPSA) is 67.9 Å². The van der Waals surface area contributed by atoms with Crippen molar-refractivity contribution in [2.75, 3.05) is 19.7 Å². The molecular weight excluding hydrogens is 368 g/mol. The molecule has 2 aromatic rings. The number of nitrogens with one attached hydrogen (secondary N) is 1. The van der Waals surface area contributed by atoms with E-state index < -0.39 is 6.09 Å². The maximum absolute atomic E-state index is 12.4. The molecule has 1 N–H and O–H groups in total. The molecule has 0 bridgehead atoms. The van der Waals surface area contributed by atoms with E-state index in [4.69, 9.17) is 9.47 Å². The molecule has 6 nitrogen and oxygen atoms in total. The van der Waals surface area contributed by atoms with Crippen LogP contribution in [-0.4, -0.2) is 42.6 Å². The fourth-order valence-corrected chi connectivity index (χ4v) is 3.34. The summed E-state index contributed by atoms with van der Waals surface area (Å²) < 4.78 is 10.9. The molecule has 1 aliphatic heterocycles. The van der Waals surface area contributed by atoms with Crippen LogP contribution in [0.1, 0.15) is 31.7 Å². The number of piperidine rings is 1. The standard InChI is InChI=1S/C23H28N2O4/c1-2-6-18-9-11-20(12-10-18)28-17-22(26)25-15-13-19(14-16-25)24-23(27)29-21-7-4-3-5-8-21/h3-5,7-12,19H,2,6,13-17H2,1H3,(H,24,27). The summed E-state index contributed by atoms with van der Waals surface area (Å²) in [5.74, 6) is 1.18. The fraction of sp³-hybridized carbons (Fsp3) is 0.391. The molecule has 154 valence electrons. The average molecular weight is 396 g/mol. The number of hydrogen-bond donors (Lipinski definition) is 1. The Bertz CT molecular complexity index is 784. The second kappa shape index (κ2) is 10.5. The van der Waals surface area contributed by atoms with Gasteiger partial charge in [0, 0.05) is 19.1 Å². The summed E-state index contributed by atoms with van der Waals surface area (Å²) in [5, 5.41) is 2.87. The maximum atomic E-state index is 12.4. The highest BCUT2D eigenvalue weighted by atomic mass is 16.6. The molecule has 0 unspecified atom stereocenters. The fourth-order valence-electron chi connectivity index (χ4n) is 3.34. The van der Waals surface area contributed by atoms with Gasteiger partial charge in [0.2, 0.25) is 0 Å². The van der Waals surface area contributed by atoms with Gasteiger partial charge in [0.05, 0.1) is 0 Å². The highest BCUT2D eigenvalue weighted by Gasteiger charge is 2.24. The van der Waals surface area contributed by atoms with Crippen molar-refractivity contribution in [3.05, 3.63) is 60.2 Å². The SMILES string of the molecule is CCCc1ccc(OCC(=O)N2CCC(NC(=O)Oc3ccccc3)CC2)cc1. The third-order valence-corrected chi connectivity index (χ3v) is 4.95. The van der Waals surface area contributed by atoms with E-state index in [0.29, 0.717) is 37.4 Å². The van der Waals surface area contributed by atoms with Crippen molar-refractivity contribution in [1.82, 2.24) is 10.2 Å². The summed E-state index contributed by atoms with van der Waals surface area (Å²) in [6, 6.07) is 16.9. The van der Waals surface area contributed by atoms with E-state index in [1.165, 1.54) is 5.56 Å². The summed E-state index contributed by atoms with van der Waals surface area (Å²) in [4.78, 5) is 26.2. The minimum Gasteiger partial charge on any atom is -0.484 e.